The minimum atomic E-state index is -0.879. The van der Waals surface area contributed by atoms with Gasteiger partial charge >= 0.3 is 0 Å². The third kappa shape index (κ3) is 3.89. The van der Waals surface area contributed by atoms with Crippen molar-refractivity contribution in [2.75, 3.05) is 0 Å². The summed E-state index contributed by atoms with van der Waals surface area (Å²) in [6.45, 7) is 0. The summed E-state index contributed by atoms with van der Waals surface area (Å²) in [5.41, 5.74) is 7.60. The fourth-order valence-electron chi connectivity index (χ4n) is 3.29. The van der Waals surface area contributed by atoms with Crippen molar-refractivity contribution < 1.29 is 4.79 Å². The zero-order chi connectivity index (χ0) is 19.1. The standard InChI is InChI=1S/C23H21N3O/c24-17-21(25)16-22(27)26-23(18-10-4-1-5-11-18,19-12-6-2-7-13-19)20-14-8-3-9-15-20/h1-15,21H,16,25H2,(H,26,27)/t21-/m0/s1. The number of nitriles is 1. The minimum Gasteiger partial charge on any atom is -0.338 e. The van der Waals surface area contributed by atoms with Crippen molar-refractivity contribution in [3.8, 4) is 6.07 Å². The van der Waals surface area contributed by atoms with Crippen LogP contribution in [0.2, 0.25) is 0 Å². The zero-order valence-electron chi connectivity index (χ0n) is 14.9. The molecule has 4 heteroatoms. The molecule has 3 aromatic carbocycles. The maximum Gasteiger partial charge on any atom is 0.223 e. The molecule has 134 valence electrons. The second kappa shape index (κ2) is 8.31. The molecule has 1 atom stereocenters. The molecule has 0 aliphatic heterocycles. The molecule has 0 bridgehead atoms. The van der Waals surface area contributed by atoms with Gasteiger partial charge in [0.15, 0.2) is 0 Å². The van der Waals surface area contributed by atoms with Gasteiger partial charge < -0.3 is 11.1 Å². The van der Waals surface area contributed by atoms with Gasteiger partial charge in [0, 0.05) is 0 Å². The van der Waals surface area contributed by atoms with Crippen LogP contribution in [-0.4, -0.2) is 11.9 Å². The van der Waals surface area contributed by atoms with E-state index >= 15 is 0 Å². The first-order valence-corrected chi connectivity index (χ1v) is 8.79. The number of hydrogen-bond acceptors (Lipinski definition) is 3. The second-order valence-corrected chi connectivity index (χ2v) is 6.34. The lowest BCUT2D eigenvalue weighted by Crippen LogP contribution is -2.49. The normalized spacial score (nSPS) is 12.0. The van der Waals surface area contributed by atoms with Gasteiger partial charge in [0.05, 0.1) is 12.5 Å². The van der Waals surface area contributed by atoms with E-state index in [-0.39, 0.29) is 12.3 Å². The van der Waals surface area contributed by atoms with Crippen LogP contribution in [0.1, 0.15) is 23.1 Å². The number of rotatable bonds is 6. The number of carbonyl (C=O) groups is 1. The Bertz CT molecular complexity index is 821. The van der Waals surface area contributed by atoms with E-state index in [1.807, 2.05) is 97.1 Å². The third-order valence-electron chi connectivity index (χ3n) is 4.52. The fraction of sp³-hybridized carbons (Fsp3) is 0.130. The van der Waals surface area contributed by atoms with Crippen molar-refractivity contribution in [1.29, 1.82) is 5.26 Å². The fourth-order valence-corrected chi connectivity index (χ4v) is 3.29. The Morgan fingerprint density at radius 3 is 1.56 bits per heavy atom. The van der Waals surface area contributed by atoms with E-state index in [0.717, 1.165) is 16.7 Å². The van der Waals surface area contributed by atoms with Crippen molar-refractivity contribution in [1.82, 2.24) is 5.32 Å². The first-order valence-electron chi connectivity index (χ1n) is 8.79. The number of hydrogen-bond donors (Lipinski definition) is 2. The molecule has 4 nitrogen and oxygen atoms in total. The summed E-state index contributed by atoms with van der Waals surface area (Å²) in [6.07, 6.45) is -0.0647. The molecule has 27 heavy (non-hydrogen) atoms. The number of amides is 1. The molecular weight excluding hydrogens is 334 g/mol. The van der Waals surface area contributed by atoms with Gasteiger partial charge in [0.2, 0.25) is 5.91 Å². The van der Waals surface area contributed by atoms with Crippen molar-refractivity contribution in [3.05, 3.63) is 108 Å². The highest BCUT2D eigenvalue weighted by Crippen LogP contribution is 2.36. The van der Waals surface area contributed by atoms with Crippen LogP contribution in [0.25, 0.3) is 0 Å². The Labute approximate surface area is 159 Å². The highest BCUT2D eigenvalue weighted by atomic mass is 16.1. The predicted molar refractivity (Wildman–Crippen MR) is 106 cm³/mol. The predicted octanol–water partition coefficient (Wildman–Crippen LogP) is 3.34. The Hall–Kier alpha value is -3.42. The molecule has 0 aromatic heterocycles. The van der Waals surface area contributed by atoms with Crippen molar-refractivity contribution in [2.24, 2.45) is 5.73 Å². The molecule has 0 unspecified atom stereocenters. The molecule has 0 saturated carbocycles. The lowest BCUT2D eigenvalue weighted by atomic mass is 9.77. The van der Waals surface area contributed by atoms with Gasteiger partial charge in [-0.2, -0.15) is 5.26 Å². The maximum atomic E-state index is 12.8. The van der Waals surface area contributed by atoms with Gasteiger partial charge in [-0.1, -0.05) is 91.0 Å². The van der Waals surface area contributed by atoms with Gasteiger partial charge in [-0.05, 0) is 16.7 Å². The van der Waals surface area contributed by atoms with E-state index in [1.54, 1.807) is 0 Å². The third-order valence-corrected chi connectivity index (χ3v) is 4.52. The van der Waals surface area contributed by atoms with E-state index in [4.69, 9.17) is 11.0 Å². The molecular formula is C23H21N3O. The lowest BCUT2D eigenvalue weighted by molar-refractivity contribution is -0.122. The molecule has 0 radical (unpaired) electrons. The van der Waals surface area contributed by atoms with Gasteiger partial charge in [0.1, 0.15) is 11.6 Å². The van der Waals surface area contributed by atoms with Crippen LogP contribution in [0.15, 0.2) is 91.0 Å². The van der Waals surface area contributed by atoms with E-state index < -0.39 is 11.6 Å². The van der Waals surface area contributed by atoms with Crippen LogP contribution in [0.4, 0.5) is 0 Å². The number of nitrogens with one attached hydrogen (secondary N) is 1. The minimum absolute atomic E-state index is 0.0647. The highest BCUT2D eigenvalue weighted by molar-refractivity contribution is 5.80. The number of carbonyl (C=O) groups excluding carboxylic acids is 1. The van der Waals surface area contributed by atoms with E-state index in [0.29, 0.717) is 0 Å². The van der Waals surface area contributed by atoms with Crippen molar-refractivity contribution in [3.63, 3.8) is 0 Å². The topological polar surface area (TPSA) is 78.9 Å². The van der Waals surface area contributed by atoms with Gasteiger partial charge in [-0.25, -0.2) is 0 Å². The van der Waals surface area contributed by atoms with Crippen molar-refractivity contribution in [2.45, 2.75) is 18.0 Å². The summed E-state index contributed by atoms with van der Waals surface area (Å²) in [4.78, 5) is 12.8. The van der Waals surface area contributed by atoms with Crippen LogP contribution in [0.3, 0.4) is 0 Å². The van der Waals surface area contributed by atoms with Crippen LogP contribution in [0.5, 0.6) is 0 Å². The number of nitrogens with two attached hydrogens (primary N) is 1. The highest BCUT2D eigenvalue weighted by Gasteiger charge is 2.37. The summed E-state index contributed by atoms with van der Waals surface area (Å²) in [7, 11) is 0. The number of nitrogens with zero attached hydrogens (tertiary/aromatic N) is 1. The molecule has 0 saturated heterocycles. The molecule has 3 rings (SSSR count). The average molecular weight is 355 g/mol. The Morgan fingerprint density at radius 2 is 1.22 bits per heavy atom. The average Bonchev–Trinajstić information content (AvgIpc) is 2.74. The first kappa shape index (κ1) is 18.4. The molecule has 0 heterocycles. The van der Waals surface area contributed by atoms with Crippen LogP contribution in [-0.2, 0) is 10.3 Å². The molecule has 0 fully saturated rings. The quantitative estimate of drug-likeness (QED) is 0.666. The maximum absolute atomic E-state index is 12.8. The van der Waals surface area contributed by atoms with Crippen LogP contribution >= 0.6 is 0 Å². The van der Waals surface area contributed by atoms with Crippen molar-refractivity contribution >= 4 is 5.91 Å². The Kier molecular flexibility index (Phi) is 5.65. The van der Waals surface area contributed by atoms with Gasteiger partial charge in [0.25, 0.3) is 0 Å². The van der Waals surface area contributed by atoms with E-state index in [1.165, 1.54) is 0 Å². The molecule has 0 spiro atoms. The monoisotopic (exact) mass is 355 g/mol. The van der Waals surface area contributed by atoms with E-state index in [9.17, 15) is 4.79 Å². The molecule has 3 N–H and O–H groups in total. The largest absolute Gasteiger partial charge is 0.338 e. The molecule has 0 aliphatic rings. The zero-order valence-corrected chi connectivity index (χ0v) is 14.9. The summed E-state index contributed by atoms with van der Waals surface area (Å²) in [5, 5.41) is 12.2. The Balaban J connectivity index is 2.20. The summed E-state index contributed by atoms with van der Waals surface area (Å²) in [5.74, 6) is -0.277. The summed E-state index contributed by atoms with van der Waals surface area (Å²) < 4.78 is 0. The summed E-state index contributed by atoms with van der Waals surface area (Å²) in [6, 6.07) is 30.5. The molecule has 1 amide bonds. The van der Waals surface area contributed by atoms with Crippen LogP contribution in [0, 0.1) is 11.3 Å². The molecule has 3 aromatic rings. The molecule has 0 aliphatic carbocycles. The van der Waals surface area contributed by atoms with Gasteiger partial charge in [-0.3, -0.25) is 4.79 Å². The van der Waals surface area contributed by atoms with Gasteiger partial charge in [-0.15, -0.1) is 0 Å². The first-order chi connectivity index (χ1) is 13.2. The smallest absolute Gasteiger partial charge is 0.223 e. The number of benzene rings is 3. The lowest BCUT2D eigenvalue weighted by Gasteiger charge is -2.37. The summed E-state index contributed by atoms with van der Waals surface area (Å²) >= 11 is 0. The SMILES string of the molecule is N#C[C@@H](N)CC(=O)NC(c1ccccc1)(c1ccccc1)c1ccccc1. The second-order valence-electron chi connectivity index (χ2n) is 6.34. The van der Waals surface area contributed by atoms with E-state index in [2.05, 4.69) is 5.32 Å². The van der Waals surface area contributed by atoms with Crippen LogP contribution < -0.4 is 11.1 Å². The Morgan fingerprint density at radius 1 is 0.852 bits per heavy atom.